The normalized spacial score (nSPS) is 18.3. The van der Waals surface area contributed by atoms with Crippen LogP contribution < -0.4 is 75.1 Å². The number of guanidine groups is 1. The number of likely N-dealkylation sites (tertiary alicyclic amines) is 1. The van der Waals surface area contributed by atoms with Gasteiger partial charge in [0.1, 0.15) is 73.2 Å². The summed E-state index contributed by atoms with van der Waals surface area (Å²) in [5, 5.41) is 47.9. The Labute approximate surface area is 646 Å². The van der Waals surface area contributed by atoms with Crippen molar-refractivity contribution in [2.24, 2.45) is 28.3 Å². The number of benzene rings is 2. The van der Waals surface area contributed by atoms with E-state index >= 15 is 4.79 Å². The number of thioether (sulfide) groups is 2. The lowest BCUT2D eigenvalue weighted by Crippen LogP contribution is -2.61. The molecule has 36 nitrogen and oxygen atoms in total. The Morgan fingerprint density at radius 2 is 1.52 bits per heavy atom. The van der Waals surface area contributed by atoms with Crippen molar-refractivity contribution in [3.63, 3.8) is 0 Å². The summed E-state index contributed by atoms with van der Waals surface area (Å²) in [6, 6.07) is -0.896. The number of H-pyrrole nitrogens is 1. The molecule has 1 saturated heterocycles. The number of rotatable bonds is 40. The lowest BCUT2D eigenvalue weighted by molar-refractivity contribution is -0.255. The van der Waals surface area contributed by atoms with Crippen LogP contribution in [-0.4, -0.2) is 223 Å². The van der Waals surface area contributed by atoms with Crippen LogP contribution in [0.4, 0.5) is 0 Å². The van der Waals surface area contributed by atoms with Crippen molar-refractivity contribution in [3.05, 3.63) is 65.4 Å². The number of primary amides is 2. The van der Waals surface area contributed by atoms with Gasteiger partial charge in [0.15, 0.2) is 5.96 Å². The van der Waals surface area contributed by atoms with Crippen molar-refractivity contribution in [1.82, 2.24) is 63.1 Å². The molecule has 5 rings (SSSR count). The number of aromatic amines is 1. The summed E-state index contributed by atoms with van der Waals surface area (Å²) in [6.07, 6.45) is 4.59. The summed E-state index contributed by atoms with van der Waals surface area (Å²) < 4.78 is 6.26. The van der Waals surface area contributed by atoms with Crippen LogP contribution in [0, 0.1) is 11.3 Å². The number of unbranched alkanes of at least 4 members (excludes halogenated alkanes) is 1. The zero-order chi connectivity index (χ0) is 80.7. The van der Waals surface area contributed by atoms with Crippen LogP contribution in [0.2, 0.25) is 0 Å². The van der Waals surface area contributed by atoms with Crippen molar-refractivity contribution >= 4 is 130 Å². The number of fused-ring (bicyclic) bond motifs is 3. The number of carboxylic acids is 1. The van der Waals surface area contributed by atoms with Crippen LogP contribution in [-0.2, 0) is 99.7 Å². The predicted octanol–water partition coefficient (Wildman–Crippen LogP) is 0.0984. The summed E-state index contributed by atoms with van der Waals surface area (Å²) in [5.74, 6) is -11.1. The Hall–Kier alpha value is -10.1. The Morgan fingerprint density at radius 3 is 2.21 bits per heavy atom. The van der Waals surface area contributed by atoms with E-state index in [1.807, 2.05) is 25.1 Å². The average Bonchev–Trinajstić information content (AvgIpc) is 1.63. The molecule has 0 saturated carbocycles. The van der Waals surface area contributed by atoms with Gasteiger partial charge in [0.2, 0.25) is 59.1 Å². The molecule has 2 aliphatic heterocycles. The van der Waals surface area contributed by atoms with Crippen LogP contribution >= 0.6 is 23.5 Å². The quantitative estimate of drug-likeness (QED) is 0.00896. The maximum absolute atomic E-state index is 15.3. The molecule has 3 aromatic rings. The third-order valence-electron chi connectivity index (χ3n) is 18.2. The lowest BCUT2D eigenvalue weighted by atomic mass is 9.96. The number of oxime groups is 1. The second-order valence-corrected chi connectivity index (χ2v) is 28.8. The van der Waals surface area contributed by atoms with Crippen LogP contribution in [0.25, 0.3) is 10.9 Å². The molecule has 11 atom stereocenters. The molecule has 11 amide bonds. The van der Waals surface area contributed by atoms with Gasteiger partial charge in [-0.05, 0) is 118 Å². The monoisotopic (exact) mass is 1580 g/mol. The van der Waals surface area contributed by atoms with Crippen LogP contribution in [0.1, 0.15) is 147 Å². The fourth-order valence-corrected chi connectivity index (χ4v) is 14.1. The van der Waals surface area contributed by atoms with Crippen molar-refractivity contribution in [3.8, 4) is 5.75 Å². The van der Waals surface area contributed by atoms with Crippen molar-refractivity contribution in [1.29, 1.82) is 5.41 Å². The summed E-state index contributed by atoms with van der Waals surface area (Å²) in [4.78, 5) is 211. The molecule has 2 aromatic carbocycles. The number of nitrogens with zero attached hydrogens (tertiary/aromatic N) is 2. The summed E-state index contributed by atoms with van der Waals surface area (Å²) in [7, 11) is 2.67. The molecule has 1 fully saturated rings. The highest BCUT2D eigenvalue weighted by Gasteiger charge is 2.41. The van der Waals surface area contributed by atoms with Gasteiger partial charge >= 0.3 is 11.9 Å². The van der Waals surface area contributed by atoms with E-state index in [1.165, 1.54) is 28.4 Å². The second kappa shape index (κ2) is 48.4. The number of ether oxygens (including phenoxy) is 1. The van der Waals surface area contributed by atoms with E-state index in [-0.39, 0.29) is 88.5 Å². The van der Waals surface area contributed by atoms with Crippen LogP contribution in [0.15, 0.2) is 53.8 Å². The number of nitrogens with two attached hydrogens (primary N) is 3. The standard InChI is InChI=1S/C72H107N17O19S2/c1-6-8-18-51(66(99)85-54(34-61(95)108-105-5)68(101)88-62(42(3)7-2)70(103)86-53(33-45-35-79-49-19-12-11-17-48(45)49)67(100)83-52(23-24-58(73)91)64(97)81-46(37-90)22-25-60(93)94)84-69(102)57-21-16-27-89(57)71(104)56-41-110-39-44-30-43(38-109-40-55(77-4)63(74)96)31-47(32-44)106-28-13-9-10-14-29-107-80-36-59(92)82-50(65(98)87-56)20-15-26-78-72(75)76/h11-12,17,19,30-32,35-37,42,46,50-57,62,77,79H,6-10,13-16,18,20-29,33-34,38-41H2,1-5H3,(H2,73,91)(H2,74,96)(H,81,97)(H,82,92)(H,83,100)(H,84,102)(H,85,99)(H,86,103)(H,87,98)(H,88,101)(H,93,94)(H4,75,76,78)/b80-36+/t42-,46-,50-,51-,52-,53-,54-,55-,56-,57-,62-/m0/s1. The highest BCUT2D eigenvalue weighted by Crippen LogP contribution is 2.28. The molecule has 1 aromatic heterocycles. The van der Waals surface area contributed by atoms with Gasteiger partial charge in [-0.1, -0.05) is 69.5 Å². The number of amides is 11. The Kier molecular flexibility index (Phi) is 39.9. The van der Waals surface area contributed by atoms with E-state index < -0.39 is 163 Å². The SMILES string of the molecule is CCCC[C@H](NC(=O)[C@@H]1CCCN1C(=O)[C@@H]1CSCc2cc(CSC[C@H](NC)C(N)=O)cc(c2)OCCCCCCO/N=C/C(=O)N[C@@H](CCCNC(=N)N)C(=O)N1)C(=O)N[C@@H](CC(=O)OOC)C(=O)N[C@H](C(=O)N[C@@H](Cc1c[nH]c2ccccc12)C(=O)N[C@@H](CCC(N)=O)C(=O)N[C@H](C=O)CCC(=O)O)[C@@H](C)CC. The molecule has 38 heteroatoms. The number of hydrogen-bond acceptors (Lipinski definition) is 23. The van der Waals surface area contributed by atoms with Crippen LogP contribution in [0.5, 0.6) is 5.75 Å². The molecule has 2 bridgehead atoms. The summed E-state index contributed by atoms with van der Waals surface area (Å²) >= 11 is 2.78. The van der Waals surface area contributed by atoms with Gasteiger partial charge in [0.05, 0.1) is 32.2 Å². The smallest absolute Gasteiger partial charge is 0.344 e. The lowest BCUT2D eigenvalue weighted by Gasteiger charge is -2.31. The first-order valence-corrected chi connectivity index (χ1v) is 39.1. The molecule has 0 spiro atoms. The van der Waals surface area contributed by atoms with Gasteiger partial charge in [0.25, 0.3) is 5.91 Å². The molecule has 2 aliphatic rings. The van der Waals surface area contributed by atoms with E-state index in [4.69, 9.17) is 37.1 Å². The zero-order valence-electron chi connectivity index (χ0n) is 62.7. The molecule has 0 radical (unpaired) electrons. The average molecular weight is 1580 g/mol. The third-order valence-corrected chi connectivity index (χ3v) is 20.4. The van der Waals surface area contributed by atoms with Crippen molar-refractivity contribution in [2.45, 2.75) is 208 Å². The number of aliphatic carboxylic acids is 1. The Balaban J connectivity index is 1.45. The molecular weight excluding hydrogens is 1470 g/mol. The molecule has 0 aliphatic carbocycles. The van der Waals surface area contributed by atoms with Gasteiger partial charge in [-0.3, -0.25) is 67.8 Å². The summed E-state index contributed by atoms with van der Waals surface area (Å²) in [5.41, 5.74) is 19.4. The maximum atomic E-state index is 15.3. The first-order chi connectivity index (χ1) is 52.7. The van der Waals surface area contributed by atoms with Crippen molar-refractivity contribution in [2.75, 3.05) is 52.0 Å². The minimum atomic E-state index is -1.85. The number of likely N-dealkylation sites (N-methyl/N-ethyl adjacent to an activating group) is 1. The number of carboxylic acid groups (broad SMARTS) is 1. The number of carbonyl (C=O) groups excluding carboxylic acids is 13. The van der Waals surface area contributed by atoms with Gasteiger partial charge in [0, 0.05) is 72.5 Å². The first-order valence-electron chi connectivity index (χ1n) is 36.8. The number of aromatic nitrogens is 1. The molecule has 19 N–H and O–H groups in total. The maximum Gasteiger partial charge on any atom is 0.344 e. The number of nitrogens with one attached hydrogen (secondary N) is 12. The number of aldehydes is 1. The van der Waals surface area contributed by atoms with Crippen molar-refractivity contribution < 1.29 is 91.6 Å². The Morgan fingerprint density at radius 1 is 0.818 bits per heavy atom. The minimum absolute atomic E-state index is 0.00254. The van der Waals surface area contributed by atoms with Gasteiger partial charge in [-0.2, -0.15) is 28.4 Å². The Bertz CT molecular complexity index is 3660. The largest absolute Gasteiger partial charge is 0.494 e. The fourth-order valence-electron chi connectivity index (χ4n) is 12.0. The number of hydrogen-bond donors (Lipinski definition) is 16. The fraction of sp³-hybridized carbons (Fsp3) is 0.583. The minimum Gasteiger partial charge on any atom is -0.494 e. The van der Waals surface area contributed by atoms with Gasteiger partial charge in [-0.15, -0.1) is 0 Å². The molecule has 0 unspecified atom stereocenters. The van der Waals surface area contributed by atoms with Crippen LogP contribution in [0.3, 0.4) is 0 Å². The van der Waals surface area contributed by atoms with Gasteiger partial charge in [-0.25, -0.2) is 4.79 Å². The first kappa shape index (κ1) is 90.5. The van der Waals surface area contributed by atoms with E-state index in [1.54, 1.807) is 51.4 Å². The predicted molar refractivity (Wildman–Crippen MR) is 409 cm³/mol. The van der Waals surface area contributed by atoms with E-state index in [0.29, 0.717) is 72.3 Å². The highest BCUT2D eigenvalue weighted by molar-refractivity contribution is 7.98. The summed E-state index contributed by atoms with van der Waals surface area (Å²) in [6.45, 7) is 5.89. The van der Waals surface area contributed by atoms with Gasteiger partial charge < -0.3 is 99.7 Å². The third kappa shape index (κ3) is 31.5. The topological polar surface area (TPSA) is 550 Å². The zero-order valence-corrected chi connectivity index (χ0v) is 64.4. The number of carbonyl (C=O) groups is 14. The molecule has 110 heavy (non-hydrogen) atoms. The second-order valence-electron chi connectivity index (χ2n) is 26.7. The molecule has 606 valence electrons. The van der Waals surface area contributed by atoms with E-state index in [0.717, 1.165) is 43.7 Å². The highest BCUT2D eigenvalue weighted by atomic mass is 32.2. The molecular formula is C72H107N17O19S2. The van der Waals surface area contributed by atoms with E-state index in [9.17, 15) is 67.4 Å². The molecule has 3 heterocycles. The van der Waals surface area contributed by atoms with E-state index in [2.05, 4.69) is 68.2 Å². The number of para-hydroxylation sites is 1.